The van der Waals surface area contributed by atoms with Gasteiger partial charge in [-0.25, -0.2) is 9.97 Å². The largest absolute Gasteiger partial charge is 0.481 e. The third-order valence-corrected chi connectivity index (χ3v) is 2.39. The number of hydrogen-bond acceptors (Lipinski definition) is 5. The molecule has 0 aliphatic heterocycles. The summed E-state index contributed by atoms with van der Waals surface area (Å²) in [5, 5.41) is 16.5. The molecule has 2 N–H and O–H groups in total. The molecule has 0 saturated carbocycles. The predicted octanol–water partition coefficient (Wildman–Crippen LogP) is 0.640. The zero-order valence-corrected chi connectivity index (χ0v) is 9.42. The maximum absolute atomic E-state index is 10.4. The van der Waals surface area contributed by atoms with Crippen LogP contribution in [-0.4, -0.2) is 37.4 Å². The van der Waals surface area contributed by atoms with Crippen molar-refractivity contribution in [2.24, 2.45) is 7.05 Å². The molecule has 0 radical (unpaired) electrons. The zero-order chi connectivity index (χ0) is 12.3. The number of rotatable bonds is 5. The molecule has 0 amide bonds. The Kier molecular flexibility index (Phi) is 3.17. The molecule has 7 nitrogen and oxygen atoms in total. The van der Waals surface area contributed by atoms with Crippen LogP contribution in [0.2, 0.25) is 0 Å². The van der Waals surface area contributed by atoms with Gasteiger partial charge >= 0.3 is 5.97 Å². The second-order valence-corrected chi connectivity index (χ2v) is 3.65. The van der Waals surface area contributed by atoms with Gasteiger partial charge in [-0.3, -0.25) is 9.48 Å². The molecule has 2 rings (SSSR count). The zero-order valence-electron chi connectivity index (χ0n) is 9.42. The molecule has 2 heterocycles. The lowest BCUT2D eigenvalue weighted by Gasteiger charge is -2.04. The summed E-state index contributed by atoms with van der Waals surface area (Å²) < 4.78 is 1.67. The summed E-state index contributed by atoms with van der Waals surface area (Å²) in [5.41, 5.74) is 0.751. The quantitative estimate of drug-likeness (QED) is 0.739. The molecule has 0 aliphatic carbocycles. The van der Waals surface area contributed by atoms with E-state index in [1.165, 1.54) is 6.33 Å². The molecule has 0 aromatic carbocycles. The molecule has 0 atom stereocenters. The van der Waals surface area contributed by atoms with Crippen molar-refractivity contribution in [2.45, 2.75) is 12.8 Å². The van der Waals surface area contributed by atoms with Crippen molar-refractivity contribution in [1.82, 2.24) is 19.7 Å². The van der Waals surface area contributed by atoms with Crippen molar-refractivity contribution in [2.75, 3.05) is 11.9 Å². The number of aryl methyl sites for hydroxylation is 1. The lowest BCUT2D eigenvalue weighted by atomic mass is 10.3. The van der Waals surface area contributed by atoms with Crippen LogP contribution in [0, 0.1) is 0 Å². The van der Waals surface area contributed by atoms with Crippen LogP contribution < -0.4 is 5.32 Å². The van der Waals surface area contributed by atoms with Crippen LogP contribution in [0.4, 0.5) is 5.82 Å². The minimum atomic E-state index is -0.791. The van der Waals surface area contributed by atoms with E-state index < -0.39 is 5.97 Å². The van der Waals surface area contributed by atoms with E-state index in [1.807, 2.05) is 7.05 Å². The maximum Gasteiger partial charge on any atom is 0.303 e. The van der Waals surface area contributed by atoms with Gasteiger partial charge in [0.15, 0.2) is 5.65 Å². The van der Waals surface area contributed by atoms with Gasteiger partial charge < -0.3 is 10.4 Å². The van der Waals surface area contributed by atoms with Crippen molar-refractivity contribution >= 4 is 22.8 Å². The molecule has 17 heavy (non-hydrogen) atoms. The molecule has 0 aliphatic rings. The second kappa shape index (κ2) is 4.77. The number of carbonyl (C=O) groups is 1. The van der Waals surface area contributed by atoms with Crippen molar-refractivity contribution in [3.05, 3.63) is 12.5 Å². The molecule has 7 heteroatoms. The molecule has 0 saturated heterocycles. The topological polar surface area (TPSA) is 92.9 Å². The number of nitrogens with zero attached hydrogens (tertiary/aromatic N) is 4. The highest BCUT2D eigenvalue weighted by Gasteiger charge is 2.06. The number of hydrogen-bond donors (Lipinski definition) is 2. The normalized spacial score (nSPS) is 10.6. The number of anilines is 1. The van der Waals surface area contributed by atoms with Crippen LogP contribution >= 0.6 is 0 Å². The third kappa shape index (κ3) is 2.49. The molecule has 2 aromatic rings. The van der Waals surface area contributed by atoms with E-state index in [0.29, 0.717) is 18.8 Å². The van der Waals surface area contributed by atoms with E-state index in [0.717, 1.165) is 11.0 Å². The van der Waals surface area contributed by atoms with E-state index in [2.05, 4.69) is 20.4 Å². The number of carboxylic acid groups (broad SMARTS) is 1. The summed E-state index contributed by atoms with van der Waals surface area (Å²) >= 11 is 0. The Balaban J connectivity index is 2.06. The molecule has 0 unspecified atom stereocenters. The van der Waals surface area contributed by atoms with Gasteiger partial charge in [-0.15, -0.1) is 0 Å². The Hall–Kier alpha value is -2.18. The van der Waals surface area contributed by atoms with E-state index in [-0.39, 0.29) is 6.42 Å². The first-order chi connectivity index (χ1) is 8.18. The van der Waals surface area contributed by atoms with Gasteiger partial charge in [0, 0.05) is 20.0 Å². The number of fused-ring (bicyclic) bond motifs is 1. The SMILES string of the molecule is Cn1ncc2c(NCCCC(=O)O)ncnc21. The summed E-state index contributed by atoms with van der Waals surface area (Å²) in [6.07, 6.45) is 3.85. The van der Waals surface area contributed by atoms with Gasteiger partial charge in [0.25, 0.3) is 0 Å². The molecule has 0 bridgehead atoms. The van der Waals surface area contributed by atoms with Crippen LogP contribution in [-0.2, 0) is 11.8 Å². The Bertz CT molecular complexity index is 536. The average Bonchev–Trinajstić information content (AvgIpc) is 2.67. The first-order valence-electron chi connectivity index (χ1n) is 5.27. The van der Waals surface area contributed by atoms with Crippen LogP contribution in [0.3, 0.4) is 0 Å². The van der Waals surface area contributed by atoms with Gasteiger partial charge in [-0.2, -0.15) is 5.10 Å². The maximum atomic E-state index is 10.4. The van der Waals surface area contributed by atoms with Crippen molar-refractivity contribution in [3.63, 3.8) is 0 Å². The van der Waals surface area contributed by atoms with E-state index >= 15 is 0 Å². The Morgan fingerprint density at radius 2 is 2.35 bits per heavy atom. The number of nitrogens with one attached hydrogen (secondary N) is 1. The smallest absolute Gasteiger partial charge is 0.303 e. The molecule has 0 fully saturated rings. The molecular formula is C10H13N5O2. The first kappa shape index (κ1) is 11.3. The molecule has 0 spiro atoms. The van der Waals surface area contributed by atoms with Gasteiger partial charge in [0.1, 0.15) is 12.1 Å². The Labute approximate surface area is 97.5 Å². The average molecular weight is 235 g/mol. The lowest BCUT2D eigenvalue weighted by molar-refractivity contribution is -0.137. The monoisotopic (exact) mass is 235 g/mol. The summed E-state index contributed by atoms with van der Waals surface area (Å²) in [4.78, 5) is 18.6. The number of carboxylic acids is 1. The van der Waals surface area contributed by atoms with Crippen LogP contribution in [0.15, 0.2) is 12.5 Å². The summed E-state index contributed by atoms with van der Waals surface area (Å²) in [6.45, 7) is 0.563. The fourth-order valence-corrected chi connectivity index (χ4v) is 1.55. The fraction of sp³-hybridized carbons (Fsp3) is 0.400. The Morgan fingerprint density at radius 3 is 3.12 bits per heavy atom. The third-order valence-electron chi connectivity index (χ3n) is 2.39. The standard InChI is InChI=1S/C10H13N5O2/c1-15-10-7(5-14-15)9(12-6-13-10)11-4-2-3-8(16)17/h5-6H,2-4H2,1H3,(H,16,17)(H,11,12,13). The predicted molar refractivity (Wildman–Crippen MR) is 61.7 cm³/mol. The van der Waals surface area contributed by atoms with Crippen molar-refractivity contribution in [1.29, 1.82) is 0 Å². The van der Waals surface area contributed by atoms with Crippen LogP contribution in [0.1, 0.15) is 12.8 Å². The minimum absolute atomic E-state index is 0.147. The summed E-state index contributed by atoms with van der Waals surface area (Å²) in [6, 6.07) is 0. The van der Waals surface area contributed by atoms with Gasteiger partial charge in [-0.05, 0) is 6.42 Å². The van der Waals surface area contributed by atoms with E-state index in [1.54, 1.807) is 10.9 Å². The highest BCUT2D eigenvalue weighted by molar-refractivity contribution is 5.85. The van der Waals surface area contributed by atoms with Gasteiger partial charge in [0.2, 0.25) is 0 Å². The van der Waals surface area contributed by atoms with Crippen LogP contribution in [0.25, 0.3) is 11.0 Å². The first-order valence-corrected chi connectivity index (χ1v) is 5.27. The van der Waals surface area contributed by atoms with Gasteiger partial charge in [-0.1, -0.05) is 0 Å². The highest BCUT2D eigenvalue weighted by Crippen LogP contribution is 2.17. The summed E-state index contributed by atoms with van der Waals surface area (Å²) in [7, 11) is 1.81. The molecule has 90 valence electrons. The second-order valence-electron chi connectivity index (χ2n) is 3.65. The molecule has 2 aromatic heterocycles. The van der Waals surface area contributed by atoms with Crippen molar-refractivity contribution < 1.29 is 9.90 Å². The number of aromatic nitrogens is 4. The minimum Gasteiger partial charge on any atom is -0.481 e. The Morgan fingerprint density at radius 1 is 1.53 bits per heavy atom. The summed E-state index contributed by atoms with van der Waals surface area (Å²) in [5.74, 6) is -0.102. The van der Waals surface area contributed by atoms with Gasteiger partial charge in [0.05, 0.1) is 11.6 Å². The number of aliphatic carboxylic acids is 1. The highest BCUT2D eigenvalue weighted by atomic mass is 16.4. The van der Waals surface area contributed by atoms with E-state index in [4.69, 9.17) is 5.11 Å². The van der Waals surface area contributed by atoms with Crippen LogP contribution in [0.5, 0.6) is 0 Å². The van der Waals surface area contributed by atoms with E-state index in [9.17, 15) is 4.79 Å². The molecular weight excluding hydrogens is 222 g/mol. The van der Waals surface area contributed by atoms with Crippen molar-refractivity contribution in [3.8, 4) is 0 Å². The fourth-order valence-electron chi connectivity index (χ4n) is 1.55. The lowest BCUT2D eigenvalue weighted by Crippen LogP contribution is -2.06.